The first-order valence-corrected chi connectivity index (χ1v) is 7.22. The largest absolute Gasteiger partial charge is 0.291 e. The molecule has 0 unspecified atom stereocenters. The number of pyridine rings is 1. The maximum atomic E-state index is 9.37. The highest BCUT2D eigenvalue weighted by Crippen LogP contribution is 2.28. The fourth-order valence-electron chi connectivity index (χ4n) is 2.73. The molecule has 22 heavy (non-hydrogen) atoms. The summed E-state index contributed by atoms with van der Waals surface area (Å²) < 4.78 is 2.01. The molecule has 4 aromatic rings. The first-order chi connectivity index (χ1) is 10.8. The van der Waals surface area contributed by atoms with E-state index in [0.717, 1.165) is 27.8 Å². The van der Waals surface area contributed by atoms with Gasteiger partial charge in [0.05, 0.1) is 11.0 Å². The molecule has 0 amide bonds. The minimum absolute atomic E-state index is 0.417. The Bertz CT molecular complexity index is 1060. The third-order valence-electron chi connectivity index (χ3n) is 3.70. The van der Waals surface area contributed by atoms with E-state index in [0.29, 0.717) is 10.7 Å². The number of halogens is 1. The monoisotopic (exact) mass is 303 g/mol. The highest BCUT2D eigenvalue weighted by molar-refractivity contribution is 6.30. The zero-order valence-electron chi connectivity index (χ0n) is 11.5. The molecule has 0 spiro atoms. The first kappa shape index (κ1) is 12.9. The predicted octanol–water partition coefficient (Wildman–Crippen LogP) is 4.68. The van der Waals surface area contributed by atoms with Crippen molar-refractivity contribution >= 4 is 28.0 Å². The van der Waals surface area contributed by atoms with E-state index in [4.69, 9.17) is 11.6 Å². The summed E-state index contributed by atoms with van der Waals surface area (Å²) in [7, 11) is 0. The topological polar surface area (TPSA) is 41.1 Å². The van der Waals surface area contributed by atoms with E-state index in [1.807, 2.05) is 65.1 Å². The van der Waals surface area contributed by atoms with Crippen LogP contribution >= 0.6 is 11.6 Å². The Morgan fingerprint density at radius 3 is 2.64 bits per heavy atom. The molecule has 0 saturated carbocycles. The van der Waals surface area contributed by atoms with E-state index < -0.39 is 0 Å². The predicted molar refractivity (Wildman–Crippen MR) is 87.9 cm³/mol. The molecule has 0 fully saturated rings. The van der Waals surface area contributed by atoms with Crippen molar-refractivity contribution in [3.05, 3.63) is 71.4 Å². The Morgan fingerprint density at radius 2 is 1.82 bits per heavy atom. The van der Waals surface area contributed by atoms with Gasteiger partial charge in [-0.15, -0.1) is 0 Å². The van der Waals surface area contributed by atoms with Crippen molar-refractivity contribution < 1.29 is 0 Å². The van der Waals surface area contributed by atoms with E-state index >= 15 is 0 Å². The SMILES string of the molecule is N#Cc1nc(-c2cccc(Cl)c2)n2c1ccc1ccccc12. The number of fused-ring (bicyclic) bond motifs is 3. The number of para-hydroxylation sites is 1. The minimum atomic E-state index is 0.417. The summed E-state index contributed by atoms with van der Waals surface area (Å²) in [6.07, 6.45) is 0. The summed E-state index contributed by atoms with van der Waals surface area (Å²) in [6, 6.07) is 21.7. The van der Waals surface area contributed by atoms with Gasteiger partial charge in [-0.05, 0) is 29.7 Å². The number of aromatic nitrogens is 2. The molecule has 0 aliphatic rings. The summed E-state index contributed by atoms with van der Waals surface area (Å²) in [5.41, 5.74) is 3.13. The van der Waals surface area contributed by atoms with Crippen molar-refractivity contribution in [3.63, 3.8) is 0 Å². The third-order valence-corrected chi connectivity index (χ3v) is 3.94. The second-order valence-corrected chi connectivity index (χ2v) is 5.46. The molecule has 2 aromatic carbocycles. The van der Waals surface area contributed by atoms with Crippen LogP contribution in [0.3, 0.4) is 0 Å². The molecule has 4 heteroatoms. The number of benzene rings is 2. The molecule has 104 valence electrons. The van der Waals surface area contributed by atoms with E-state index in [-0.39, 0.29) is 0 Å². The molecule has 0 aliphatic carbocycles. The van der Waals surface area contributed by atoms with Gasteiger partial charge < -0.3 is 0 Å². The van der Waals surface area contributed by atoms with Gasteiger partial charge in [0, 0.05) is 10.6 Å². The van der Waals surface area contributed by atoms with Crippen molar-refractivity contribution in [3.8, 4) is 17.5 Å². The minimum Gasteiger partial charge on any atom is -0.291 e. The molecule has 2 heterocycles. The van der Waals surface area contributed by atoms with Crippen LogP contribution in [-0.4, -0.2) is 9.38 Å². The summed E-state index contributed by atoms with van der Waals surface area (Å²) in [5, 5.41) is 11.1. The standard InChI is InChI=1S/C18H10ClN3/c19-14-6-3-5-13(10-14)18-21-15(11-20)17-9-8-12-4-1-2-7-16(12)22(17)18/h1-10H. The zero-order valence-corrected chi connectivity index (χ0v) is 12.2. The van der Waals surface area contributed by atoms with E-state index in [9.17, 15) is 5.26 Å². The number of rotatable bonds is 1. The lowest BCUT2D eigenvalue weighted by atomic mass is 10.2. The quantitative estimate of drug-likeness (QED) is 0.512. The van der Waals surface area contributed by atoms with Crippen molar-refractivity contribution in [1.82, 2.24) is 9.38 Å². The van der Waals surface area contributed by atoms with Crippen molar-refractivity contribution in [2.45, 2.75) is 0 Å². The van der Waals surface area contributed by atoms with Gasteiger partial charge in [-0.1, -0.05) is 48.0 Å². The molecule has 0 atom stereocenters. The zero-order chi connectivity index (χ0) is 15.1. The average Bonchev–Trinajstić information content (AvgIpc) is 2.94. The molecular formula is C18H10ClN3. The van der Waals surface area contributed by atoms with Gasteiger partial charge in [0.2, 0.25) is 0 Å². The molecule has 3 nitrogen and oxygen atoms in total. The summed E-state index contributed by atoms with van der Waals surface area (Å²) in [5.74, 6) is 0.728. The van der Waals surface area contributed by atoms with Crippen LogP contribution in [0.4, 0.5) is 0 Å². The molecule has 0 bridgehead atoms. The summed E-state index contributed by atoms with van der Waals surface area (Å²) in [4.78, 5) is 4.51. The fraction of sp³-hybridized carbons (Fsp3) is 0. The third kappa shape index (κ3) is 1.86. The molecule has 0 aliphatic heterocycles. The average molecular weight is 304 g/mol. The maximum absolute atomic E-state index is 9.37. The van der Waals surface area contributed by atoms with E-state index in [1.54, 1.807) is 0 Å². The van der Waals surface area contributed by atoms with Crippen LogP contribution in [0.5, 0.6) is 0 Å². The molecule has 2 aromatic heterocycles. The van der Waals surface area contributed by atoms with Gasteiger partial charge >= 0.3 is 0 Å². The number of imidazole rings is 1. The van der Waals surface area contributed by atoms with Crippen molar-refractivity contribution in [1.29, 1.82) is 5.26 Å². The van der Waals surface area contributed by atoms with Crippen LogP contribution in [0.2, 0.25) is 5.02 Å². The second kappa shape index (κ2) is 4.87. The molecule has 4 rings (SSSR count). The van der Waals surface area contributed by atoms with Crippen LogP contribution in [0.1, 0.15) is 5.69 Å². The molecule has 0 saturated heterocycles. The fourth-order valence-corrected chi connectivity index (χ4v) is 2.93. The van der Waals surface area contributed by atoms with E-state index in [2.05, 4.69) is 11.1 Å². The normalized spacial score (nSPS) is 10.9. The Hall–Kier alpha value is -2.83. The van der Waals surface area contributed by atoms with Gasteiger partial charge in [-0.3, -0.25) is 4.40 Å². The van der Waals surface area contributed by atoms with Gasteiger partial charge in [0.1, 0.15) is 11.9 Å². The molecule has 0 radical (unpaired) electrons. The van der Waals surface area contributed by atoms with Gasteiger partial charge in [-0.2, -0.15) is 5.26 Å². The number of nitriles is 1. The number of hydrogen-bond donors (Lipinski definition) is 0. The lowest BCUT2D eigenvalue weighted by Gasteiger charge is -2.06. The lowest BCUT2D eigenvalue weighted by molar-refractivity contribution is 1.21. The van der Waals surface area contributed by atoms with Crippen LogP contribution in [-0.2, 0) is 0 Å². The summed E-state index contributed by atoms with van der Waals surface area (Å²) >= 11 is 6.10. The Labute approximate surface area is 132 Å². The van der Waals surface area contributed by atoms with Crippen molar-refractivity contribution in [2.75, 3.05) is 0 Å². The second-order valence-electron chi connectivity index (χ2n) is 5.02. The van der Waals surface area contributed by atoms with Crippen LogP contribution < -0.4 is 0 Å². The van der Waals surface area contributed by atoms with Crippen LogP contribution in [0.25, 0.3) is 27.8 Å². The Balaban J connectivity index is 2.19. The van der Waals surface area contributed by atoms with Gasteiger partial charge in [0.25, 0.3) is 0 Å². The van der Waals surface area contributed by atoms with Gasteiger partial charge in [-0.25, -0.2) is 4.98 Å². The smallest absolute Gasteiger partial charge is 0.166 e. The van der Waals surface area contributed by atoms with E-state index in [1.165, 1.54) is 0 Å². The summed E-state index contributed by atoms with van der Waals surface area (Å²) in [6.45, 7) is 0. The van der Waals surface area contributed by atoms with Gasteiger partial charge in [0.15, 0.2) is 5.69 Å². The number of nitrogens with zero attached hydrogens (tertiary/aromatic N) is 3. The molecule has 0 N–H and O–H groups in total. The Morgan fingerprint density at radius 1 is 0.955 bits per heavy atom. The first-order valence-electron chi connectivity index (χ1n) is 6.84. The highest BCUT2D eigenvalue weighted by Gasteiger charge is 2.14. The maximum Gasteiger partial charge on any atom is 0.166 e. The number of hydrogen-bond acceptors (Lipinski definition) is 2. The molecular weight excluding hydrogens is 294 g/mol. The van der Waals surface area contributed by atoms with Crippen molar-refractivity contribution in [2.24, 2.45) is 0 Å². The highest BCUT2D eigenvalue weighted by atomic mass is 35.5. The van der Waals surface area contributed by atoms with Crippen LogP contribution in [0, 0.1) is 11.3 Å². The Kier molecular flexibility index (Phi) is 2.85. The lowest BCUT2D eigenvalue weighted by Crippen LogP contribution is -1.91. The van der Waals surface area contributed by atoms with Crippen LogP contribution in [0.15, 0.2) is 60.7 Å².